The van der Waals surface area contributed by atoms with E-state index in [1.807, 2.05) is 72.5 Å². The lowest BCUT2D eigenvalue weighted by molar-refractivity contribution is 0.102. The highest BCUT2D eigenvalue weighted by molar-refractivity contribution is 6.06. The summed E-state index contributed by atoms with van der Waals surface area (Å²) in [6, 6.07) is 22.8. The standard InChI is InChI=1S/C29H29N5O2/c1-20-4-3-5-24(16-20)32-29(35)22-7-6-21-8-9-25(18-23(21)17-22)36-26-10-11-31-27(19-26)28(30)34-14-12-33(2)13-15-34/h3-11,16-19,30H,12-15H2,1-2H3,(H,32,35). The zero-order valence-electron chi connectivity index (χ0n) is 20.5. The van der Waals surface area contributed by atoms with Gasteiger partial charge in [-0.05, 0) is 72.8 Å². The highest BCUT2D eigenvalue weighted by Crippen LogP contribution is 2.27. The van der Waals surface area contributed by atoms with E-state index in [-0.39, 0.29) is 5.91 Å². The summed E-state index contributed by atoms with van der Waals surface area (Å²) in [7, 11) is 2.09. The molecule has 1 saturated heterocycles. The van der Waals surface area contributed by atoms with Crippen LogP contribution in [0, 0.1) is 12.3 Å². The highest BCUT2D eigenvalue weighted by Gasteiger charge is 2.19. The molecule has 2 heterocycles. The number of fused-ring (bicyclic) bond motifs is 1. The van der Waals surface area contributed by atoms with E-state index in [4.69, 9.17) is 10.1 Å². The van der Waals surface area contributed by atoms with E-state index >= 15 is 0 Å². The van der Waals surface area contributed by atoms with Gasteiger partial charge in [-0.3, -0.25) is 15.2 Å². The fraction of sp³-hybridized carbons (Fsp3) is 0.207. The first-order valence-electron chi connectivity index (χ1n) is 12.0. The largest absolute Gasteiger partial charge is 0.457 e. The van der Waals surface area contributed by atoms with Crippen LogP contribution in [0.3, 0.4) is 0 Å². The molecule has 0 unspecified atom stereocenters. The third-order valence-corrected chi connectivity index (χ3v) is 6.38. The van der Waals surface area contributed by atoms with Crippen LogP contribution in [0.1, 0.15) is 21.6 Å². The first-order valence-corrected chi connectivity index (χ1v) is 12.0. The van der Waals surface area contributed by atoms with Gasteiger partial charge in [0.25, 0.3) is 5.91 Å². The molecule has 1 amide bonds. The number of hydrogen-bond donors (Lipinski definition) is 2. The minimum atomic E-state index is -0.157. The van der Waals surface area contributed by atoms with Gasteiger partial charge in [0.05, 0.1) is 0 Å². The van der Waals surface area contributed by atoms with Crippen LogP contribution in [-0.2, 0) is 0 Å². The van der Waals surface area contributed by atoms with Crippen LogP contribution in [0.2, 0.25) is 0 Å². The molecule has 1 aliphatic rings. The number of rotatable bonds is 5. The van der Waals surface area contributed by atoms with Gasteiger partial charge < -0.3 is 19.9 Å². The van der Waals surface area contributed by atoms with Crippen LogP contribution < -0.4 is 10.1 Å². The lowest BCUT2D eigenvalue weighted by atomic mass is 10.1. The van der Waals surface area contributed by atoms with Crippen LogP contribution in [0.4, 0.5) is 5.69 Å². The Kier molecular flexibility index (Phi) is 6.64. The normalized spacial score (nSPS) is 14.0. The number of amides is 1. The van der Waals surface area contributed by atoms with Crippen molar-refractivity contribution in [2.75, 3.05) is 38.5 Å². The maximum atomic E-state index is 12.8. The lowest BCUT2D eigenvalue weighted by Crippen LogP contribution is -2.47. The van der Waals surface area contributed by atoms with Crippen molar-refractivity contribution in [3.8, 4) is 11.5 Å². The number of nitrogens with one attached hydrogen (secondary N) is 2. The van der Waals surface area contributed by atoms with E-state index < -0.39 is 0 Å². The highest BCUT2D eigenvalue weighted by atomic mass is 16.5. The van der Waals surface area contributed by atoms with Crippen molar-refractivity contribution in [1.29, 1.82) is 5.41 Å². The summed E-state index contributed by atoms with van der Waals surface area (Å²) in [6.07, 6.45) is 1.67. The van der Waals surface area contributed by atoms with Crippen LogP contribution in [0.15, 0.2) is 79.0 Å². The van der Waals surface area contributed by atoms with E-state index in [0.717, 1.165) is 48.2 Å². The summed E-state index contributed by atoms with van der Waals surface area (Å²) in [5, 5.41) is 13.5. The van der Waals surface area contributed by atoms with Crippen LogP contribution in [-0.4, -0.2) is 59.8 Å². The lowest BCUT2D eigenvalue weighted by Gasteiger charge is -2.33. The van der Waals surface area contributed by atoms with Gasteiger partial charge in [0.2, 0.25) is 0 Å². The van der Waals surface area contributed by atoms with E-state index in [0.29, 0.717) is 28.6 Å². The van der Waals surface area contributed by atoms with Crippen molar-refractivity contribution in [2.24, 2.45) is 0 Å². The molecule has 0 atom stereocenters. The average molecular weight is 480 g/mol. The Morgan fingerprint density at radius 1 is 0.917 bits per heavy atom. The fourth-order valence-corrected chi connectivity index (χ4v) is 4.29. The van der Waals surface area contributed by atoms with E-state index in [2.05, 4.69) is 22.2 Å². The maximum absolute atomic E-state index is 12.8. The van der Waals surface area contributed by atoms with Gasteiger partial charge >= 0.3 is 0 Å². The van der Waals surface area contributed by atoms with Crippen molar-refractivity contribution < 1.29 is 9.53 Å². The molecule has 7 nitrogen and oxygen atoms in total. The maximum Gasteiger partial charge on any atom is 0.255 e. The Balaban J connectivity index is 1.32. The molecule has 182 valence electrons. The first kappa shape index (κ1) is 23.5. The van der Waals surface area contributed by atoms with Crippen molar-refractivity contribution in [2.45, 2.75) is 6.92 Å². The number of benzene rings is 3. The number of anilines is 1. The second-order valence-corrected chi connectivity index (χ2v) is 9.17. The molecule has 0 saturated carbocycles. The molecule has 7 heteroatoms. The van der Waals surface area contributed by atoms with E-state index in [1.54, 1.807) is 18.3 Å². The number of aryl methyl sites for hydroxylation is 1. The number of nitrogens with zero attached hydrogens (tertiary/aromatic N) is 3. The van der Waals surface area contributed by atoms with E-state index in [9.17, 15) is 4.79 Å². The zero-order valence-corrected chi connectivity index (χ0v) is 20.5. The minimum absolute atomic E-state index is 0.157. The molecule has 1 fully saturated rings. The molecular formula is C29H29N5O2. The van der Waals surface area contributed by atoms with Gasteiger partial charge in [0.1, 0.15) is 23.0 Å². The van der Waals surface area contributed by atoms with Crippen LogP contribution >= 0.6 is 0 Å². The number of piperazine rings is 1. The molecule has 0 spiro atoms. The third kappa shape index (κ3) is 5.37. The second-order valence-electron chi connectivity index (χ2n) is 9.17. The summed E-state index contributed by atoms with van der Waals surface area (Å²) in [6.45, 7) is 5.48. The SMILES string of the molecule is Cc1cccc(NC(=O)c2ccc3ccc(Oc4ccnc(C(=N)N5CCN(C)CC5)c4)cc3c2)c1. The molecule has 0 radical (unpaired) electrons. The van der Waals surface area contributed by atoms with Crippen molar-refractivity contribution in [1.82, 2.24) is 14.8 Å². The number of likely N-dealkylation sites (N-methyl/N-ethyl adjacent to an activating group) is 1. The molecule has 2 N–H and O–H groups in total. The molecule has 5 rings (SSSR count). The number of hydrogen-bond acceptors (Lipinski definition) is 5. The number of pyridine rings is 1. The Morgan fingerprint density at radius 3 is 2.50 bits per heavy atom. The molecule has 36 heavy (non-hydrogen) atoms. The predicted octanol–water partition coefficient (Wildman–Crippen LogP) is 5.16. The Labute approximate surface area is 210 Å². The summed E-state index contributed by atoms with van der Waals surface area (Å²) >= 11 is 0. The third-order valence-electron chi connectivity index (χ3n) is 6.38. The Morgan fingerprint density at radius 2 is 1.69 bits per heavy atom. The molecule has 3 aromatic carbocycles. The predicted molar refractivity (Wildman–Crippen MR) is 143 cm³/mol. The number of carbonyl (C=O) groups is 1. The zero-order chi connectivity index (χ0) is 25.1. The second kappa shape index (κ2) is 10.2. The molecule has 1 aliphatic heterocycles. The van der Waals surface area contributed by atoms with Gasteiger partial charge in [0.15, 0.2) is 0 Å². The molecule has 1 aromatic heterocycles. The average Bonchev–Trinajstić information content (AvgIpc) is 2.88. The Hall–Kier alpha value is -4.23. The Bertz CT molecular complexity index is 1430. The summed E-state index contributed by atoms with van der Waals surface area (Å²) in [5.74, 6) is 1.53. The first-order chi connectivity index (χ1) is 17.4. The number of aromatic nitrogens is 1. The molecule has 0 aliphatic carbocycles. The fourth-order valence-electron chi connectivity index (χ4n) is 4.29. The van der Waals surface area contributed by atoms with Crippen molar-refractivity contribution in [3.63, 3.8) is 0 Å². The summed E-state index contributed by atoms with van der Waals surface area (Å²) in [5.41, 5.74) is 3.03. The minimum Gasteiger partial charge on any atom is -0.457 e. The molecule has 4 aromatic rings. The smallest absolute Gasteiger partial charge is 0.255 e. The van der Waals surface area contributed by atoms with Gasteiger partial charge in [-0.2, -0.15) is 0 Å². The van der Waals surface area contributed by atoms with Gasteiger partial charge in [0, 0.05) is 49.7 Å². The topological polar surface area (TPSA) is 81.5 Å². The van der Waals surface area contributed by atoms with Crippen molar-refractivity contribution >= 4 is 28.2 Å². The van der Waals surface area contributed by atoms with Crippen molar-refractivity contribution in [3.05, 3.63) is 95.8 Å². The molecular weight excluding hydrogens is 450 g/mol. The number of carbonyl (C=O) groups excluding carboxylic acids is 1. The number of amidine groups is 1. The monoisotopic (exact) mass is 479 g/mol. The van der Waals surface area contributed by atoms with Crippen LogP contribution in [0.5, 0.6) is 11.5 Å². The molecule has 0 bridgehead atoms. The quantitative estimate of drug-likeness (QED) is 0.305. The summed E-state index contributed by atoms with van der Waals surface area (Å²) < 4.78 is 6.13. The van der Waals surface area contributed by atoms with E-state index in [1.165, 1.54) is 0 Å². The van der Waals surface area contributed by atoms with Gasteiger partial charge in [-0.15, -0.1) is 0 Å². The van der Waals surface area contributed by atoms with Crippen LogP contribution in [0.25, 0.3) is 10.8 Å². The van der Waals surface area contributed by atoms with Gasteiger partial charge in [-0.1, -0.05) is 24.3 Å². The van der Waals surface area contributed by atoms with Gasteiger partial charge in [-0.25, -0.2) is 0 Å². The number of ether oxygens (including phenoxy) is 1. The summed E-state index contributed by atoms with van der Waals surface area (Å²) in [4.78, 5) is 21.5.